The maximum atomic E-state index is 6.24. The van der Waals surface area contributed by atoms with Crippen molar-refractivity contribution in [2.75, 3.05) is 6.54 Å². The van der Waals surface area contributed by atoms with Gasteiger partial charge in [0.2, 0.25) is 0 Å². The fraction of sp³-hybridized carbons (Fsp3) is 0.625. The molecule has 4 heteroatoms. The third kappa shape index (κ3) is 2.30. The Labute approximate surface area is 122 Å². The van der Waals surface area contributed by atoms with Gasteiger partial charge in [0, 0.05) is 11.9 Å². The molecule has 0 aliphatic carbocycles. The molecule has 2 aliphatic rings. The zero-order valence-corrected chi connectivity index (χ0v) is 12.8. The first kappa shape index (κ1) is 14.1. The van der Waals surface area contributed by atoms with Crippen LogP contribution in [0.25, 0.3) is 0 Å². The molecule has 3 rings (SSSR count). The second-order valence-corrected chi connectivity index (χ2v) is 6.92. The van der Waals surface area contributed by atoms with E-state index in [2.05, 4.69) is 63.3 Å². The lowest BCUT2D eigenvalue weighted by atomic mass is 9.66. The molecule has 0 spiro atoms. The summed E-state index contributed by atoms with van der Waals surface area (Å²) in [5.74, 6) is 0.374. The Morgan fingerprint density at radius 1 is 1.05 bits per heavy atom. The molecular formula is C16H24BNO2. The first-order valence-corrected chi connectivity index (χ1v) is 7.55. The van der Waals surface area contributed by atoms with Crippen molar-refractivity contribution in [3.63, 3.8) is 0 Å². The van der Waals surface area contributed by atoms with Gasteiger partial charge < -0.3 is 14.6 Å². The summed E-state index contributed by atoms with van der Waals surface area (Å²) in [6, 6.07) is 10.9. The number of hydrogen-bond donors (Lipinski definition) is 1. The first-order chi connectivity index (χ1) is 9.41. The molecule has 0 bridgehead atoms. The van der Waals surface area contributed by atoms with E-state index in [9.17, 15) is 0 Å². The maximum absolute atomic E-state index is 6.24. The van der Waals surface area contributed by atoms with Crippen LogP contribution >= 0.6 is 0 Å². The molecule has 2 saturated heterocycles. The summed E-state index contributed by atoms with van der Waals surface area (Å²) in [6.07, 6.45) is 1.09. The van der Waals surface area contributed by atoms with Crippen LogP contribution in [-0.2, 0) is 9.31 Å². The molecule has 0 saturated carbocycles. The Morgan fingerprint density at radius 3 is 2.25 bits per heavy atom. The summed E-state index contributed by atoms with van der Waals surface area (Å²) in [4.78, 5) is 0. The maximum Gasteiger partial charge on any atom is 0.463 e. The average Bonchev–Trinajstić information content (AvgIpc) is 2.94. The Morgan fingerprint density at radius 2 is 1.65 bits per heavy atom. The molecule has 0 radical (unpaired) electrons. The minimum absolute atomic E-state index is 0.125. The highest BCUT2D eigenvalue weighted by Gasteiger charge is 2.55. The second-order valence-electron chi connectivity index (χ2n) is 6.92. The summed E-state index contributed by atoms with van der Waals surface area (Å²) in [5, 5.41) is 3.59. The minimum Gasteiger partial charge on any atom is -0.403 e. The first-order valence-electron chi connectivity index (χ1n) is 7.55. The summed E-state index contributed by atoms with van der Waals surface area (Å²) < 4.78 is 12.5. The van der Waals surface area contributed by atoms with Crippen molar-refractivity contribution in [1.82, 2.24) is 5.32 Å². The number of rotatable bonds is 2. The molecule has 1 aromatic carbocycles. The Balaban J connectivity index is 1.81. The van der Waals surface area contributed by atoms with Gasteiger partial charge in [0.25, 0.3) is 0 Å². The lowest BCUT2D eigenvalue weighted by Gasteiger charge is -2.32. The van der Waals surface area contributed by atoms with Gasteiger partial charge in [-0.1, -0.05) is 30.3 Å². The predicted molar refractivity (Wildman–Crippen MR) is 81.6 cm³/mol. The molecule has 0 unspecified atom stereocenters. The van der Waals surface area contributed by atoms with Crippen molar-refractivity contribution >= 4 is 7.12 Å². The third-order valence-corrected chi connectivity index (χ3v) is 5.05. The standard InChI is InChI=1S/C16H24BNO2/c1-15(2)16(3,4)20-17(19-15)13-10-11-18-14(13)12-8-6-5-7-9-12/h5-9,13-14,18H,10-11H2,1-4H3/t13-,14-/m1/s1. The van der Waals surface area contributed by atoms with E-state index >= 15 is 0 Å². The van der Waals surface area contributed by atoms with E-state index in [1.54, 1.807) is 0 Å². The van der Waals surface area contributed by atoms with Gasteiger partial charge in [-0.15, -0.1) is 0 Å². The molecule has 20 heavy (non-hydrogen) atoms. The van der Waals surface area contributed by atoms with Gasteiger partial charge >= 0.3 is 7.12 Å². The molecule has 2 fully saturated rings. The zero-order chi connectivity index (χ0) is 14.4. The SMILES string of the molecule is CC1(C)OB([C@@H]2CCN[C@@H]2c2ccccc2)OC1(C)C. The molecule has 108 valence electrons. The van der Waals surface area contributed by atoms with Crippen molar-refractivity contribution in [1.29, 1.82) is 0 Å². The van der Waals surface area contributed by atoms with Gasteiger partial charge in [0.1, 0.15) is 0 Å². The van der Waals surface area contributed by atoms with Crippen molar-refractivity contribution in [3.05, 3.63) is 35.9 Å². The highest BCUT2D eigenvalue weighted by molar-refractivity contribution is 6.47. The van der Waals surface area contributed by atoms with Crippen LogP contribution in [0, 0.1) is 0 Å². The number of nitrogens with one attached hydrogen (secondary N) is 1. The highest BCUT2D eigenvalue weighted by Crippen LogP contribution is 2.46. The summed E-state index contributed by atoms with van der Waals surface area (Å²) >= 11 is 0. The van der Waals surface area contributed by atoms with Gasteiger partial charge in [-0.3, -0.25) is 0 Å². The molecule has 0 amide bonds. The van der Waals surface area contributed by atoms with Gasteiger partial charge in [-0.25, -0.2) is 0 Å². The van der Waals surface area contributed by atoms with Crippen LogP contribution < -0.4 is 5.32 Å². The Bertz CT molecular complexity index is 459. The molecule has 2 atom stereocenters. The summed E-state index contributed by atoms with van der Waals surface area (Å²) in [6.45, 7) is 9.49. The van der Waals surface area contributed by atoms with Crippen LogP contribution in [0.2, 0.25) is 5.82 Å². The van der Waals surface area contributed by atoms with Gasteiger partial charge in [0.05, 0.1) is 11.2 Å². The third-order valence-electron chi connectivity index (χ3n) is 5.05. The number of hydrogen-bond acceptors (Lipinski definition) is 3. The van der Waals surface area contributed by atoms with E-state index < -0.39 is 0 Å². The van der Waals surface area contributed by atoms with Crippen LogP contribution in [0.3, 0.4) is 0 Å². The number of benzene rings is 1. The predicted octanol–water partition coefficient (Wildman–Crippen LogP) is 3.18. The van der Waals surface area contributed by atoms with Crippen LogP contribution in [-0.4, -0.2) is 24.9 Å². The highest BCUT2D eigenvalue weighted by atomic mass is 16.7. The second kappa shape index (κ2) is 4.87. The monoisotopic (exact) mass is 273 g/mol. The van der Waals surface area contributed by atoms with E-state index in [1.165, 1.54) is 5.56 Å². The smallest absolute Gasteiger partial charge is 0.403 e. The molecule has 2 aliphatic heterocycles. The van der Waals surface area contributed by atoms with Crippen molar-refractivity contribution in [3.8, 4) is 0 Å². The van der Waals surface area contributed by atoms with Gasteiger partial charge in [-0.05, 0) is 46.2 Å². The van der Waals surface area contributed by atoms with Crippen molar-refractivity contribution in [2.45, 2.75) is 57.2 Å². The largest absolute Gasteiger partial charge is 0.463 e. The van der Waals surface area contributed by atoms with Crippen LogP contribution in [0.15, 0.2) is 30.3 Å². The lowest BCUT2D eigenvalue weighted by Crippen LogP contribution is -2.41. The van der Waals surface area contributed by atoms with Gasteiger partial charge in [0.15, 0.2) is 0 Å². The quantitative estimate of drug-likeness (QED) is 0.839. The Kier molecular flexibility index (Phi) is 3.43. The molecule has 1 aromatic rings. The van der Waals surface area contributed by atoms with E-state index in [0.29, 0.717) is 11.9 Å². The lowest BCUT2D eigenvalue weighted by molar-refractivity contribution is 0.00578. The van der Waals surface area contributed by atoms with Crippen LogP contribution in [0.5, 0.6) is 0 Å². The minimum atomic E-state index is -0.249. The average molecular weight is 273 g/mol. The molecule has 2 heterocycles. The van der Waals surface area contributed by atoms with Crippen molar-refractivity contribution < 1.29 is 9.31 Å². The van der Waals surface area contributed by atoms with E-state index in [4.69, 9.17) is 9.31 Å². The van der Waals surface area contributed by atoms with Crippen LogP contribution in [0.1, 0.15) is 45.7 Å². The van der Waals surface area contributed by atoms with Crippen LogP contribution in [0.4, 0.5) is 0 Å². The van der Waals surface area contributed by atoms with Gasteiger partial charge in [-0.2, -0.15) is 0 Å². The van der Waals surface area contributed by atoms with E-state index in [-0.39, 0.29) is 18.3 Å². The normalized spacial score (nSPS) is 31.7. The topological polar surface area (TPSA) is 30.5 Å². The van der Waals surface area contributed by atoms with E-state index in [0.717, 1.165) is 13.0 Å². The zero-order valence-electron chi connectivity index (χ0n) is 12.8. The molecular weight excluding hydrogens is 249 g/mol. The molecule has 1 N–H and O–H groups in total. The molecule has 0 aromatic heterocycles. The van der Waals surface area contributed by atoms with E-state index in [1.807, 2.05) is 0 Å². The Hall–Kier alpha value is -0.835. The molecule has 3 nitrogen and oxygen atoms in total. The summed E-state index contributed by atoms with van der Waals surface area (Å²) in [7, 11) is -0.125. The van der Waals surface area contributed by atoms with Crippen molar-refractivity contribution in [2.24, 2.45) is 0 Å². The fourth-order valence-corrected chi connectivity index (χ4v) is 3.11. The summed E-state index contributed by atoms with van der Waals surface area (Å²) in [5.41, 5.74) is 0.827. The fourth-order valence-electron chi connectivity index (χ4n) is 3.11.